The van der Waals surface area contributed by atoms with E-state index in [2.05, 4.69) is 15.2 Å². The lowest BCUT2D eigenvalue weighted by Crippen LogP contribution is -2.02. The number of nitrogens with one attached hydrogen (secondary N) is 1. The molecule has 0 unspecified atom stereocenters. The summed E-state index contributed by atoms with van der Waals surface area (Å²) >= 11 is 0. The molecule has 5 nitrogen and oxygen atoms in total. The first-order chi connectivity index (χ1) is 8.69. The molecule has 94 valence electrons. The molecule has 18 heavy (non-hydrogen) atoms. The first-order valence-corrected chi connectivity index (χ1v) is 5.59. The summed E-state index contributed by atoms with van der Waals surface area (Å²) in [5.74, 6) is -0.325. The molecule has 0 aliphatic carbocycles. The number of nitrogens with zero attached hydrogens (tertiary/aromatic N) is 2. The molecule has 2 rings (SSSR count). The number of methoxy groups -OCH3 is 1. The first kappa shape index (κ1) is 12.2. The average Bonchev–Trinajstić information content (AvgIpc) is 2.82. The second-order valence-corrected chi connectivity index (χ2v) is 3.94. The lowest BCUT2D eigenvalue weighted by Gasteiger charge is -2.05. The van der Waals surface area contributed by atoms with Crippen molar-refractivity contribution in [2.75, 3.05) is 12.4 Å². The fraction of sp³-hybridized carbons (Fsp3) is 0.231. The van der Waals surface area contributed by atoms with Crippen LogP contribution in [0.2, 0.25) is 0 Å². The summed E-state index contributed by atoms with van der Waals surface area (Å²) in [6, 6.07) is 7.17. The number of hydrogen-bond acceptors (Lipinski definition) is 4. The zero-order chi connectivity index (χ0) is 13.0. The van der Waals surface area contributed by atoms with Gasteiger partial charge < -0.3 is 10.1 Å². The van der Waals surface area contributed by atoms with Crippen molar-refractivity contribution in [3.8, 4) is 0 Å². The van der Waals surface area contributed by atoms with Crippen molar-refractivity contribution in [1.82, 2.24) is 9.78 Å². The number of benzene rings is 1. The summed E-state index contributed by atoms with van der Waals surface area (Å²) in [4.78, 5) is 11.3. The fourth-order valence-electron chi connectivity index (χ4n) is 1.61. The maximum atomic E-state index is 11.3. The number of esters is 1. The SMILES string of the molecule is COC(=O)c1ccc(NCc2cnn(C)c2)cc1. The number of rotatable bonds is 4. The Hall–Kier alpha value is -2.30. The van der Waals surface area contributed by atoms with Gasteiger partial charge in [-0.2, -0.15) is 5.10 Å². The minimum absolute atomic E-state index is 0.325. The third kappa shape index (κ3) is 2.88. The lowest BCUT2D eigenvalue weighted by molar-refractivity contribution is 0.0601. The van der Waals surface area contributed by atoms with Crippen LogP contribution < -0.4 is 5.32 Å². The molecule has 0 bridgehead atoms. The van der Waals surface area contributed by atoms with Crippen LogP contribution in [-0.2, 0) is 18.3 Å². The van der Waals surface area contributed by atoms with Crippen molar-refractivity contribution in [2.45, 2.75) is 6.54 Å². The molecule has 0 atom stereocenters. The van der Waals surface area contributed by atoms with Gasteiger partial charge in [-0.3, -0.25) is 4.68 Å². The van der Waals surface area contributed by atoms with Crippen LogP contribution in [0, 0.1) is 0 Å². The van der Waals surface area contributed by atoms with E-state index in [1.165, 1.54) is 7.11 Å². The minimum Gasteiger partial charge on any atom is -0.465 e. The molecule has 0 spiro atoms. The van der Waals surface area contributed by atoms with Gasteiger partial charge in [0.05, 0.1) is 18.9 Å². The zero-order valence-electron chi connectivity index (χ0n) is 10.4. The molecule has 5 heteroatoms. The van der Waals surface area contributed by atoms with E-state index in [9.17, 15) is 4.79 Å². The average molecular weight is 245 g/mol. The van der Waals surface area contributed by atoms with Crippen molar-refractivity contribution in [1.29, 1.82) is 0 Å². The van der Waals surface area contributed by atoms with E-state index < -0.39 is 0 Å². The summed E-state index contributed by atoms with van der Waals surface area (Å²) in [5, 5.41) is 7.35. The van der Waals surface area contributed by atoms with Gasteiger partial charge in [0.15, 0.2) is 0 Å². The highest BCUT2D eigenvalue weighted by atomic mass is 16.5. The molecule has 0 aliphatic rings. The van der Waals surface area contributed by atoms with Crippen LogP contribution in [0.5, 0.6) is 0 Å². The number of anilines is 1. The maximum Gasteiger partial charge on any atom is 0.337 e. The second kappa shape index (κ2) is 5.35. The molecule has 0 saturated heterocycles. The van der Waals surface area contributed by atoms with E-state index in [1.54, 1.807) is 16.8 Å². The smallest absolute Gasteiger partial charge is 0.337 e. The Morgan fingerprint density at radius 2 is 2.11 bits per heavy atom. The number of aromatic nitrogens is 2. The molecule has 0 radical (unpaired) electrons. The molecular formula is C13H15N3O2. The van der Waals surface area contributed by atoms with Crippen LogP contribution in [0.4, 0.5) is 5.69 Å². The van der Waals surface area contributed by atoms with Crippen LogP contribution in [0.15, 0.2) is 36.7 Å². The summed E-state index contributed by atoms with van der Waals surface area (Å²) in [6.07, 6.45) is 3.77. The predicted molar refractivity (Wildman–Crippen MR) is 68.3 cm³/mol. The zero-order valence-corrected chi connectivity index (χ0v) is 10.4. The Balaban J connectivity index is 1.96. The third-order valence-electron chi connectivity index (χ3n) is 2.56. The fourth-order valence-corrected chi connectivity index (χ4v) is 1.61. The molecule has 2 aromatic rings. The Morgan fingerprint density at radius 3 is 2.67 bits per heavy atom. The number of carbonyl (C=O) groups excluding carboxylic acids is 1. The van der Waals surface area contributed by atoms with Crippen molar-refractivity contribution >= 4 is 11.7 Å². The van der Waals surface area contributed by atoms with Gasteiger partial charge in [-0.1, -0.05) is 0 Å². The van der Waals surface area contributed by atoms with Crippen molar-refractivity contribution in [3.63, 3.8) is 0 Å². The lowest BCUT2D eigenvalue weighted by atomic mass is 10.2. The van der Waals surface area contributed by atoms with Crippen LogP contribution >= 0.6 is 0 Å². The highest BCUT2D eigenvalue weighted by Crippen LogP contribution is 2.11. The van der Waals surface area contributed by atoms with Gasteiger partial charge in [0, 0.05) is 31.0 Å². The van der Waals surface area contributed by atoms with Gasteiger partial charge >= 0.3 is 5.97 Å². The van der Waals surface area contributed by atoms with E-state index in [-0.39, 0.29) is 5.97 Å². The first-order valence-electron chi connectivity index (χ1n) is 5.59. The standard InChI is InChI=1S/C13H15N3O2/c1-16-9-10(8-15-16)7-14-12-5-3-11(4-6-12)13(17)18-2/h3-6,8-9,14H,7H2,1-2H3. The molecular weight excluding hydrogens is 230 g/mol. The Morgan fingerprint density at radius 1 is 1.39 bits per heavy atom. The Labute approximate surface area is 105 Å². The van der Waals surface area contributed by atoms with E-state index in [1.807, 2.05) is 31.6 Å². The minimum atomic E-state index is -0.325. The van der Waals surface area contributed by atoms with Crippen LogP contribution in [-0.4, -0.2) is 22.9 Å². The number of carbonyl (C=O) groups is 1. The summed E-state index contributed by atoms with van der Waals surface area (Å²) < 4.78 is 6.40. The van der Waals surface area contributed by atoms with Crippen molar-refractivity contribution in [3.05, 3.63) is 47.8 Å². The van der Waals surface area contributed by atoms with E-state index in [0.29, 0.717) is 12.1 Å². The van der Waals surface area contributed by atoms with Gasteiger partial charge in [0.2, 0.25) is 0 Å². The van der Waals surface area contributed by atoms with Gasteiger partial charge in [-0.15, -0.1) is 0 Å². The second-order valence-electron chi connectivity index (χ2n) is 3.94. The molecule has 1 N–H and O–H groups in total. The molecule has 0 amide bonds. The van der Waals surface area contributed by atoms with E-state index >= 15 is 0 Å². The van der Waals surface area contributed by atoms with Crippen LogP contribution in [0.1, 0.15) is 15.9 Å². The van der Waals surface area contributed by atoms with Crippen LogP contribution in [0.3, 0.4) is 0 Å². The van der Waals surface area contributed by atoms with Gasteiger partial charge in [-0.25, -0.2) is 4.79 Å². The monoisotopic (exact) mass is 245 g/mol. The summed E-state index contributed by atoms with van der Waals surface area (Å²) in [5.41, 5.74) is 2.60. The summed E-state index contributed by atoms with van der Waals surface area (Å²) in [6.45, 7) is 0.700. The van der Waals surface area contributed by atoms with Gasteiger partial charge in [0.1, 0.15) is 0 Å². The molecule has 1 aromatic carbocycles. The number of hydrogen-bond donors (Lipinski definition) is 1. The number of aryl methyl sites for hydroxylation is 1. The Bertz CT molecular complexity index is 531. The van der Waals surface area contributed by atoms with Gasteiger partial charge in [-0.05, 0) is 24.3 Å². The highest BCUT2D eigenvalue weighted by molar-refractivity contribution is 5.89. The van der Waals surface area contributed by atoms with Crippen molar-refractivity contribution < 1.29 is 9.53 Å². The molecule has 0 fully saturated rings. The predicted octanol–water partition coefficient (Wildman–Crippen LogP) is 1.82. The van der Waals surface area contributed by atoms with E-state index in [0.717, 1.165) is 11.3 Å². The quantitative estimate of drug-likeness (QED) is 0.835. The molecule has 0 aliphatic heterocycles. The third-order valence-corrected chi connectivity index (χ3v) is 2.56. The topological polar surface area (TPSA) is 56.1 Å². The molecule has 1 heterocycles. The highest BCUT2D eigenvalue weighted by Gasteiger charge is 2.04. The Kier molecular flexibility index (Phi) is 3.62. The van der Waals surface area contributed by atoms with Gasteiger partial charge in [0.25, 0.3) is 0 Å². The van der Waals surface area contributed by atoms with E-state index in [4.69, 9.17) is 0 Å². The largest absolute Gasteiger partial charge is 0.465 e. The van der Waals surface area contributed by atoms with Crippen molar-refractivity contribution in [2.24, 2.45) is 7.05 Å². The van der Waals surface area contributed by atoms with Crippen LogP contribution in [0.25, 0.3) is 0 Å². The maximum absolute atomic E-state index is 11.3. The molecule has 0 saturated carbocycles. The normalized spacial score (nSPS) is 10.1. The number of ether oxygens (including phenoxy) is 1. The molecule has 1 aromatic heterocycles. The summed E-state index contributed by atoms with van der Waals surface area (Å²) in [7, 11) is 3.26.